The number of hydrogen-bond donors (Lipinski definition) is 0. The molecule has 1 unspecified atom stereocenters. The maximum atomic E-state index is 6.21. The summed E-state index contributed by atoms with van der Waals surface area (Å²) in [4.78, 5) is 0. The predicted molar refractivity (Wildman–Crippen MR) is 59.1 cm³/mol. The van der Waals surface area contributed by atoms with E-state index >= 15 is 0 Å². The van der Waals surface area contributed by atoms with Crippen molar-refractivity contribution in [2.75, 3.05) is 0 Å². The lowest BCUT2D eigenvalue weighted by atomic mass is 10.1. The van der Waals surface area contributed by atoms with Crippen LogP contribution in [0.25, 0.3) is 0 Å². The Kier molecular flexibility index (Phi) is 4.63. The summed E-state index contributed by atoms with van der Waals surface area (Å²) < 4.78 is 0. The van der Waals surface area contributed by atoms with Crippen LogP contribution in [-0.2, 0) is 0 Å². The third-order valence-electron chi connectivity index (χ3n) is 2.03. The third-order valence-corrected chi connectivity index (χ3v) is 2.50. The van der Waals surface area contributed by atoms with Gasteiger partial charge in [0.15, 0.2) is 0 Å². The smallest absolute Gasteiger partial charge is 0.0585 e. The average Bonchev–Trinajstić information content (AvgIpc) is 2.19. The van der Waals surface area contributed by atoms with Crippen molar-refractivity contribution >= 4 is 11.6 Å². The van der Waals surface area contributed by atoms with Gasteiger partial charge in [-0.1, -0.05) is 36.4 Å². The maximum absolute atomic E-state index is 6.21. The Bertz CT molecular complexity index is 241. The van der Waals surface area contributed by atoms with Crippen LogP contribution in [-0.4, -0.2) is 0 Å². The molecule has 0 radical (unpaired) electrons. The van der Waals surface area contributed by atoms with E-state index in [1.807, 2.05) is 24.3 Å². The highest BCUT2D eigenvalue weighted by Gasteiger charge is 2.05. The second-order valence-electron chi connectivity index (χ2n) is 3.10. The van der Waals surface area contributed by atoms with Crippen molar-refractivity contribution in [3.05, 3.63) is 48.6 Å². The van der Waals surface area contributed by atoms with Crippen molar-refractivity contribution in [1.82, 2.24) is 0 Å². The summed E-state index contributed by atoms with van der Waals surface area (Å²) in [5.41, 5.74) is 1.22. The number of halogens is 1. The van der Waals surface area contributed by atoms with E-state index in [1.54, 1.807) is 0 Å². The van der Waals surface area contributed by atoms with E-state index < -0.39 is 0 Å². The van der Waals surface area contributed by atoms with Crippen LogP contribution < -0.4 is 0 Å². The highest BCUT2D eigenvalue weighted by atomic mass is 35.5. The molecule has 0 amide bonds. The zero-order chi connectivity index (χ0) is 9.52. The fourth-order valence-electron chi connectivity index (χ4n) is 1.27. The van der Waals surface area contributed by atoms with Crippen LogP contribution in [0.5, 0.6) is 0 Å². The third kappa shape index (κ3) is 3.65. The number of hydrogen-bond acceptors (Lipinski definition) is 0. The van der Waals surface area contributed by atoms with Gasteiger partial charge in [0.05, 0.1) is 5.38 Å². The fourth-order valence-corrected chi connectivity index (χ4v) is 1.57. The molecule has 0 nitrogen and oxygen atoms in total. The molecule has 0 saturated heterocycles. The van der Waals surface area contributed by atoms with Gasteiger partial charge in [-0.25, -0.2) is 0 Å². The number of unbranched alkanes of at least 4 members (excludes halogenated alkanes) is 1. The monoisotopic (exact) mass is 194 g/mol. The second-order valence-corrected chi connectivity index (χ2v) is 3.62. The van der Waals surface area contributed by atoms with Gasteiger partial charge in [-0.3, -0.25) is 0 Å². The number of rotatable bonds is 5. The van der Waals surface area contributed by atoms with E-state index in [9.17, 15) is 0 Å². The van der Waals surface area contributed by atoms with E-state index in [-0.39, 0.29) is 5.38 Å². The van der Waals surface area contributed by atoms with E-state index in [4.69, 9.17) is 11.6 Å². The molecule has 0 spiro atoms. The molecule has 1 aromatic carbocycles. The summed E-state index contributed by atoms with van der Waals surface area (Å²) in [6.07, 6.45) is 5.13. The molecule has 0 bridgehead atoms. The highest BCUT2D eigenvalue weighted by molar-refractivity contribution is 6.20. The maximum Gasteiger partial charge on any atom is 0.0585 e. The Morgan fingerprint density at radius 2 is 2.00 bits per heavy atom. The molecule has 1 heteroatoms. The van der Waals surface area contributed by atoms with Gasteiger partial charge >= 0.3 is 0 Å². The zero-order valence-electron chi connectivity index (χ0n) is 7.75. The molecule has 1 rings (SSSR count). The van der Waals surface area contributed by atoms with Crippen LogP contribution >= 0.6 is 11.6 Å². The molecule has 70 valence electrons. The van der Waals surface area contributed by atoms with Gasteiger partial charge in [0, 0.05) is 0 Å². The first kappa shape index (κ1) is 10.3. The minimum absolute atomic E-state index is 0.154. The standard InChI is InChI=1S/C12H15Cl/c1-2-3-5-10-12(13)11-8-6-4-7-9-11/h2,4,6-9,12H,1,3,5,10H2. The lowest BCUT2D eigenvalue weighted by Gasteiger charge is -2.07. The highest BCUT2D eigenvalue weighted by Crippen LogP contribution is 2.25. The zero-order valence-corrected chi connectivity index (χ0v) is 8.50. The average molecular weight is 195 g/mol. The Morgan fingerprint density at radius 3 is 2.62 bits per heavy atom. The Hall–Kier alpha value is -0.750. The van der Waals surface area contributed by atoms with Gasteiger partial charge in [0.1, 0.15) is 0 Å². The molecular weight excluding hydrogens is 180 g/mol. The van der Waals surface area contributed by atoms with Crippen molar-refractivity contribution < 1.29 is 0 Å². The molecule has 0 aromatic heterocycles. The first-order valence-corrected chi connectivity index (χ1v) is 5.08. The van der Waals surface area contributed by atoms with Crippen LogP contribution in [0.3, 0.4) is 0 Å². The normalized spacial score (nSPS) is 12.4. The Morgan fingerprint density at radius 1 is 1.31 bits per heavy atom. The minimum atomic E-state index is 0.154. The van der Waals surface area contributed by atoms with Crippen molar-refractivity contribution in [3.8, 4) is 0 Å². The lowest BCUT2D eigenvalue weighted by molar-refractivity contribution is 0.728. The molecule has 0 heterocycles. The van der Waals surface area contributed by atoms with Gasteiger partial charge in [-0.2, -0.15) is 0 Å². The fraction of sp³-hybridized carbons (Fsp3) is 0.333. The molecule has 0 aliphatic rings. The van der Waals surface area contributed by atoms with E-state index in [0.717, 1.165) is 19.3 Å². The van der Waals surface area contributed by atoms with E-state index in [2.05, 4.69) is 18.7 Å². The predicted octanol–water partition coefficient (Wildman–Crippen LogP) is 4.32. The van der Waals surface area contributed by atoms with Crippen molar-refractivity contribution in [1.29, 1.82) is 0 Å². The first-order valence-electron chi connectivity index (χ1n) is 4.64. The summed E-state index contributed by atoms with van der Waals surface area (Å²) in [5.74, 6) is 0. The van der Waals surface area contributed by atoms with Crippen molar-refractivity contribution in [3.63, 3.8) is 0 Å². The van der Waals surface area contributed by atoms with Crippen LogP contribution in [0.15, 0.2) is 43.0 Å². The summed E-state index contributed by atoms with van der Waals surface area (Å²) in [6.45, 7) is 3.69. The second kappa shape index (κ2) is 5.82. The number of alkyl halides is 1. The number of benzene rings is 1. The lowest BCUT2D eigenvalue weighted by Crippen LogP contribution is -1.89. The van der Waals surface area contributed by atoms with E-state index in [1.165, 1.54) is 5.56 Å². The van der Waals surface area contributed by atoms with Crippen LogP contribution in [0.4, 0.5) is 0 Å². The van der Waals surface area contributed by atoms with Crippen LogP contribution in [0.1, 0.15) is 30.2 Å². The van der Waals surface area contributed by atoms with E-state index in [0.29, 0.717) is 0 Å². The molecule has 0 fully saturated rings. The minimum Gasteiger partial charge on any atom is -0.118 e. The first-order chi connectivity index (χ1) is 6.34. The van der Waals surface area contributed by atoms with Gasteiger partial charge < -0.3 is 0 Å². The quantitative estimate of drug-likeness (QED) is 0.372. The Balaban J connectivity index is 2.39. The van der Waals surface area contributed by atoms with Crippen LogP contribution in [0.2, 0.25) is 0 Å². The molecule has 13 heavy (non-hydrogen) atoms. The topological polar surface area (TPSA) is 0 Å². The molecule has 0 saturated carbocycles. The molecular formula is C12H15Cl. The molecule has 1 aromatic rings. The van der Waals surface area contributed by atoms with Crippen molar-refractivity contribution in [2.24, 2.45) is 0 Å². The molecule has 0 N–H and O–H groups in total. The van der Waals surface area contributed by atoms with Gasteiger partial charge in [-0.05, 0) is 24.8 Å². The Labute approximate surface area is 85.2 Å². The van der Waals surface area contributed by atoms with Gasteiger partial charge in [-0.15, -0.1) is 18.2 Å². The number of allylic oxidation sites excluding steroid dienone is 1. The van der Waals surface area contributed by atoms with Crippen LogP contribution in [0, 0.1) is 0 Å². The van der Waals surface area contributed by atoms with Gasteiger partial charge in [0.25, 0.3) is 0 Å². The summed E-state index contributed by atoms with van der Waals surface area (Å²) >= 11 is 6.21. The largest absolute Gasteiger partial charge is 0.118 e. The summed E-state index contributed by atoms with van der Waals surface area (Å²) in [5, 5.41) is 0.154. The molecule has 0 aliphatic carbocycles. The van der Waals surface area contributed by atoms with Crippen molar-refractivity contribution in [2.45, 2.75) is 24.6 Å². The SMILES string of the molecule is C=CCCCC(Cl)c1ccccc1. The van der Waals surface area contributed by atoms with Gasteiger partial charge in [0.2, 0.25) is 0 Å². The molecule has 0 aliphatic heterocycles. The summed E-state index contributed by atoms with van der Waals surface area (Å²) in [7, 11) is 0. The summed E-state index contributed by atoms with van der Waals surface area (Å²) in [6, 6.07) is 10.2. The molecule has 1 atom stereocenters.